The Morgan fingerprint density at radius 1 is 1.71 bits per heavy atom. The van der Waals surface area contributed by atoms with Gasteiger partial charge in [-0.2, -0.15) is 0 Å². The highest BCUT2D eigenvalue weighted by molar-refractivity contribution is 5.68. The molecule has 1 aliphatic heterocycles. The molecule has 0 bridgehead atoms. The zero-order chi connectivity index (χ0) is 12.3. The third-order valence-electron chi connectivity index (χ3n) is 3.38. The predicted molar refractivity (Wildman–Crippen MR) is 62.6 cm³/mol. The van der Waals surface area contributed by atoms with Crippen molar-refractivity contribution >= 4 is 5.97 Å². The monoisotopic (exact) mass is 235 g/mol. The van der Waals surface area contributed by atoms with E-state index in [2.05, 4.69) is 21.9 Å². The van der Waals surface area contributed by atoms with E-state index in [1.54, 1.807) is 6.20 Å². The van der Waals surface area contributed by atoms with Gasteiger partial charge in [0.1, 0.15) is 6.33 Å². The molecule has 0 amide bonds. The molecule has 1 N–H and O–H groups in total. The van der Waals surface area contributed by atoms with E-state index < -0.39 is 5.97 Å². The Bertz CT molecular complexity index is 383. The molecule has 2 rings (SSSR count). The van der Waals surface area contributed by atoms with Crippen LogP contribution in [0.25, 0.3) is 0 Å². The van der Waals surface area contributed by atoms with Crippen molar-refractivity contribution in [1.82, 2.24) is 14.9 Å². The number of rotatable bonds is 4. The molecule has 1 aromatic heterocycles. The maximum atomic E-state index is 11.0. The number of carboxylic acids is 1. The average Bonchev–Trinajstić information content (AvgIpc) is 2.73. The number of likely N-dealkylation sites (tertiary alicyclic amines) is 1. The summed E-state index contributed by atoms with van der Waals surface area (Å²) in [5, 5.41) is 9.01. The van der Waals surface area contributed by atoms with Crippen molar-refractivity contribution in [3.05, 3.63) is 24.3 Å². The Morgan fingerprint density at radius 3 is 3.06 bits per heavy atom. The van der Waals surface area contributed by atoms with Crippen LogP contribution in [-0.2, 0) is 4.79 Å². The summed E-state index contributed by atoms with van der Waals surface area (Å²) >= 11 is 0. The van der Waals surface area contributed by atoms with E-state index in [1.165, 1.54) is 6.33 Å². The van der Waals surface area contributed by atoms with Crippen LogP contribution in [0.15, 0.2) is 18.6 Å². The second-order valence-corrected chi connectivity index (χ2v) is 4.65. The fourth-order valence-corrected chi connectivity index (χ4v) is 2.52. The highest BCUT2D eigenvalue weighted by atomic mass is 16.4. The lowest BCUT2D eigenvalue weighted by molar-refractivity contribution is -0.137. The van der Waals surface area contributed by atoms with Crippen molar-refractivity contribution < 1.29 is 9.90 Å². The molecule has 0 radical (unpaired) electrons. The molecule has 2 heterocycles. The van der Waals surface area contributed by atoms with E-state index in [9.17, 15) is 4.79 Å². The fourth-order valence-electron chi connectivity index (χ4n) is 2.52. The molecule has 5 nitrogen and oxygen atoms in total. The number of carbonyl (C=O) groups is 1. The van der Waals surface area contributed by atoms with Crippen molar-refractivity contribution in [1.29, 1.82) is 0 Å². The normalized spacial score (nSPS) is 22.5. The molecule has 0 saturated carbocycles. The van der Waals surface area contributed by atoms with Crippen LogP contribution in [0.4, 0.5) is 0 Å². The minimum absolute atomic E-state index is 0.000417. The number of carboxylic acid groups (broad SMARTS) is 1. The minimum atomic E-state index is -0.761. The third kappa shape index (κ3) is 3.00. The van der Waals surface area contributed by atoms with Crippen LogP contribution in [0.1, 0.15) is 24.5 Å². The summed E-state index contributed by atoms with van der Waals surface area (Å²) in [6.07, 6.45) is 4.35. The lowest BCUT2D eigenvalue weighted by Crippen LogP contribution is -2.21. The van der Waals surface area contributed by atoms with Crippen molar-refractivity contribution in [2.45, 2.75) is 18.8 Å². The summed E-state index contributed by atoms with van der Waals surface area (Å²) < 4.78 is 0. The third-order valence-corrected chi connectivity index (χ3v) is 3.38. The minimum Gasteiger partial charge on any atom is -0.481 e. The molecular formula is C12H17N3O2. The molecule has 1 fully saturated rings. The van der Waals surface area contributed by atoms with E-state index in [-0.39, 0.29) is 12.3 Å². The quantitative estimate of drug-likeness (QED) is 0.843. The molecule has 0 aromatic carbocycles. The van der Waals surface area contributed by atoms with Crippen LogP contribution in [0.5, 0.6) is 0 Å². The van der Waals surface area contributed by atoms with E-state index in [4.69, 9.17) is 5.11 Å². The average molecular weight is 235 g/mol. The first-order valence-electron chi connectivity index (χ1n) is 5.83. The summed E-state index contributed by atoms with van der Waals surface area (Å²) in [7, 11) is 2.07. The Hall–Kier alpha value is -1.49. The van der Waals surface area contributed by atoms with E-state index in [1.807, 2.05) is 6.07 Å². The Morgan fingerprint density at radius 2 is 2.53 bits per heavy atom. The molecule has 1 aromatic rings. The second-order valence-electron chi connectivity index (χ2n) is 4.65. The first-order valence-corrected chi connectivity index (χ1v) is 5.83. The van der Waals surface area contributed by atoms with Gasteiger partial charge in [-0.1, -0.05) is 0 Å². The highest BCUT2D eigenvalue weighted by Gasteiger charge is 2.31. The maximum Gasteiger partial charge on any atom is 0.304 e. The number of nitrogens with zero attached hydrogens (tertiary/aromatic N) is 3. The molecule has 1 saturated heterocycles. The Labute approximate surface area is 100 Å². The SMILES string of the molecule is CN1CCC(C(CC(=O)O)c2ccncn2)C1. The Kier molecular flexibility index (Phi) is 3.68. The van der Waals surface area contributed by atoms with Crippen molar-refractivity contribution in [3.8, 4) is 0 Å². The zero-order valence-corrected chi connectivity index (χ0v) is 9.91. The van der Waals surface area contributed by atoms with Crippen LogP contribution >= 0.6 is 0 Å². The van der Waals surface area contributed by atoms with Crippen molar-refractivity contribution in [3.63, 3.8) is 0 Å². The summed E-state index contributed by atoms with van der Waals surface area (Å²) in [6, 6.07) is 1.83. The predicted octanol–water partition coefficient (Wildman–Crippen LogP) is 0.987. The standard InChI is InChI=1S/C12H17N3O2/c1-15-5-3-9(7-15)10(6-12(16)17)11-2-4-13-8-14-11/h2,4,8-10H,3,5-7H2,1H3,(H,16,17). The summed E-state index contributed by atoms with van der Waals surface area (Å²) in [5.74, 6) is -0.380. The maximum absolute atomic E-state index is 11.0. The topological polar surface area (TPSA) is 66.3 Å². The van der Waals surface area contributed by atoms with Gasteiger partial charge in [0.15, 0.2) is 0 Å². The number of aliphatic carboxylic acids is 1. The van der Waals surface area contributed by atoms with E-state index >= 15 is 0 Å². The van der Waals surface area contributed by atoms with Gasteiger partial charge < -0.3 is 10.0 Å². The molecule has 2 atom stereocenters. The van der Waals surface area contributed by atoms with E-state index in [0.29, 0.717) is 5.92 Å². The van der Waals surface area contributed by atoms with Crippen molar-refractivity contribution in [2.24, 2.45) is 5.92 Å². The van der Waals surface area contributed by atoms with Gasteiger partial charge in [-0.25, -0.2) is 9.97 Å². The molecule has 1 aliphatic rings. The molecule has 0 aliphatic carbocycles. The second kappa shape index (κ2) is 5.23. The molecule has 2 unspecified atom stereocenters. The van der Waals surface area contributed by atoms with Gasteiger partial charge in [-0.3, -0.25) is 4.79 Å². The fraction of sp³-hybridized carbons (Fsp3) is 0.583. The summed E-state index contributed by atoms with van der Waals surface area (Å²) in [4.78, 5) is 21.3. The summed E-state index contributed by atoms with van der Waals surface area (Å²) in [5.41, 5.74) is 0.850. The molecule has 17 heavy (non-hydrogen) atoms. The molecular weight excluding hydrogens is 218 g/mol. The highest BCUT2D eigenvalue weighted by Crippen LogP contribution is 2.32. The van der Waals surface area contributed by atoms with Crippen LogP contribution < -0.4 is 0 Å². The lowest BCUT2D eigenvalue weighted by Gasteiger charge is -2.21. The largest absolute Gasteiger partial charge is 0.481 e. The van der Waals surface area contributed by atoms with Gasteiger partial charge >= 0.3 is 5.97 Å². The van der Waals surface area contributed by atoms with Gasteiger partial charge in [-0.15, -0.1) is 0 Å². The zero-order valence-electron chi connectivity index (χ0n) is 9.91. The molecule has 92 valence electrons. The molecule has 0 spiro atoms. The number of hydrogen-bond donors (Lipinski definition) is 1. The number of aromatic nitrogens is 2. The van der Waals surface area contributed by atoms with Crippen molar-refractivity contribution in [2.75, 3.05) is 20.1 Å². The van der Waals surface area contributed by atoms with Crippen LogP contribution in [-0.4, -0.2) is 46.1 Å². The van der Waals surface area contributed by atoms with Crippen LogP contribution in [0.2, 0.25) is 0 Å². The van der Waals surface area contributed by atoms with Gasteiger partial charge in [0, 0.05) is 24.4 Å². The molecule has 5 heteroatoms. The van der Waals surface area contributed by atoms with Gasteiger partial charge in [0.25, 0.3) is 0 Å². The van der Waals surface area contributed by atoms with Crippen LogP contribution in [0, 0.1) is 5.92 Å². The van der Waals surface area contributed by atoms with Gasteiger partial charge in [-0.05, 0) is 32.0 Å². The first-order chi connectivity index (χ1) is 8.16. The number of hydrogen-bond acceptors (Lipinski definition) is 4. The lowest BCUT2D eigenvalue weighted by atomic mass is 9.86. The van der Waals surface area contributed by atoms with E-state index in [0.717, 1.165) is 25.2 Å². The Balaban J connectivity index is 2.16. The smallest absolute Gasteiger partial charge is 0.304 e. The first kappa shape index (κ1) is 12.0. The summed E-state index contributed by atoms with van der Waals surface area (Å²) in [6.45, 7) is 1.98. The van der Waals surface area contributed by atoms with Gasteiger partial charge in [0.2, 0.25) is 0 Å². The van der Waals surface area contributed by atoms with Crippen LogP contribution in [0.3, 0.4) is 0 Å². The van der Waals surface area contributed by atoms with Gasteiger partial charge in [0.05, 0.1) is 6.42 Å².